The molecule has 0 heterocycles. The molecule has 0 aliphatic carbocycles. The summed E-state index contributed by atoms with van der Waals surface area (Å²) in [7, 11) is 0. The number of benzene rings is 1. The minimum Gasteiger partial charge on any atom is -0.480 e. The van der Waals surface area contributed by atoms with E-state index in [9.17, 15) is 29.1 Å². The van der Waals surface area contributed by atoms with Gasteiger partial charge in [-0.15, -0.1) is 0 Å². The molecule has 4 amide bonds. The minimum atomic E-state index is -1.26. The highest BCUT2D eigenvalue weighted by Gasteiger charge is 2.32. The first kappa shape index (κ1) is 28.9. The predicted molar refractivity (Wildman–Crippen MR) is 129 cm³/mol. The van der Waals surface area contributed by atoms with Gasteiger partial charge in [-0.05, 0) is 11.5 Å². The first-order chi connectivity index (χ1) is 16.0. The number of primary amides is 1. The van der Waals surface area contributed by atoms with Crippen LogP contribution in [0.4, 0.5) is 0 Å². The second-order valence-corrected chi connectivity index (χ2v) is 8.35. The molecule has 0 saturated carbocycles. The Bertz CT molecular complexity index is 869. The molecule has 5 atom stereocenters. The Hall–Kier alpha value is -3.12. The maximum Gasteiger partial charge on any atom is 0.327 e. The van der Waals surface area contributed by atoms with Crippen molar-refractivity contribution in [2.45, 2.75) is 57.3 Å². The maximum atomic E-state index is 13.1. The fraction of sp³-hybridized carbons (Fsp3) is 0.500. The Labute approximate surface area is 203 Å². The molecule has 0 saturated heterocycles. The molecule has 8 N–H and O–H groups in total. The van der Waals surface area contributed by atoms with E-state index >= 15 is 0 Å². The van der Waals surface area contributed by atoms with Crippen LogP contribution in [-0.4, -0.2) is 64.6 Å². The van der Waals surface area contributed by atoms with E-state index in [1.165, 1.54) is 0 Å². The van der Waals surface area contributed by atoms with Crippen LogP contribution in [0.2, 0.25) is 0 Å². The SMILES string of the molecule is CCC(C)C(NC(=O)C(N)CC(N)=O)C(=O)NC(Cc1ccccc1)C(=O)NC(CS)C(=O)O. The Morgan fingerprint density at radius 3 is 2.06 bits per heavy atom. The standard InChI is InChI=1S/C22H33N5O6S/c1-3-12(2)18(27-19(29)14(23)10-17(24)28)21(31)25-15(9-13-7-5-4-6-8-13)20(30)26-16(11-34)22(32)33/h4-8,12,14-16,18,34H,3,9-11,23H2,1-2H3,(H2,24,28)(H,25,31)(H,26,30)(H,27,29)(H,32,33). The summed E-state index contributed by atoms with van der Waals surface area (Å²) in [6.07, 6.45) is 0.208. The number of rotatable bonds is 14. The van der Waals surface area contributed by atoms with E-state index in [4.69, 9.17) is 11.5 Å². The van der Waals surface area contributed by atoms with Gasteiger partial charge < -0.3 is 32.5 Å². The number of aliphatic carboxylic acids is 1. The number of hydrogen-bond acceptors (Lipinski definition) is 7. The molecule has 5 unspecified atom stereocenters. The monoisotopic (exact) mass is 495 g/mol. The van der Waals surface area contributed by atoms with Crippen LogP contribution in [0.25, 0.3) is 0 Å². The zero-order valence-electron chi connectivity index (χ0n) is 19.2. The molecular formula is C22H33N5O6S. The second-order valence-electron chi connectivity index (χ2n) is 7.98. The summed E-state index contributed by atoms with van der Waals surface area (Å²) in [5, 5.41) is 16.8. The molecule has 0 aromatic heterocycles. The number of carboxylic acids is 1. The molecule has 11 nitrogen and oxygen atoms in total. The molecule has 1 rings (SSSR count). The average Bonchev–Trinajstić information content (AvgIpc) is 2.79. The second kappa shape index (κ2) is 14.2. The summed E-state index contributed by atoms with van der Waals surface area (Å²) >= 11 is 3.94. The van der Waals surface area contributed by atoms with E-state index < -0.39 is 53.8 Å². The fourth-order valence-electron chi connectivity index (χ4n) is 3.05. The highest BCUT2D eigenvalue weighted by atomic mass is 32.1. The summed E-state index contributed by atoms with van der Waals surface area (Å²) in [5.41, 5.74) is 11.5. The summed E-state index contributed by atoms with van der Waals surface area (Å²) in [5.74, 6) is -4.60. The van der Waals surface area contributed by atoms with Crippen LogP contribution >= 0.6 is 12.6 Å². The molecule has 0 radical (unpaired) electrons. The van der Waals surface area contributed by atoms with Crippen LogP contribution in [0.15, 0.2) is 30.3 Å². The van der Waals surface area contributed by atoms with Crippen molar-refractivity contribution >= 4 is 42.2 Å². The summed E-state index contributed by atoms with van der Waals surface area (Å²) in [6, 6.07) is 4.19. The van der Waals surface area contributed by atoms with Crippen LogP contribution in [0.1, 0.15) is 32.3 Å². The molecule has 12 heteroatoms. The maximum absolute atomic E-state index is 13.1. The molecule has 0 aliphatic heterocycles. The number of carbonyl (C=O) groups excluding carboxylic acids is 4. The van der Waals surface area contributed by atoms with Crippen molar-refractivity contribution < 1.29 is 29.1 Å². The van der Waals surface area contributed by atoms with Crippen molar-refractivity contribution in [2.75, 3.05) is 5.75 Å². The number of carbonyl (C=O) groups is 5. The van der Waals surface area contributed by atoms with Crippen LogP contribution in [0.5, 0.6) is 0 Å². The van der Waals surface area contributed by atoms with E-state index in [1.807, 2.05) is 6.92 Å². The number of thiol groups is 1. The summed E-state index contributed by atoms with van der Waals surface area (Å²) in [4.78, 5) is 60.8. The Morgan fingerprint density at radius 1 is 0.971 bits per heavy atom. The largest absolute Gasteiger partial charge is 0.480 e. The fourth-order valence-corrected chi connectivity index (χ4v) is 3.30. The van der Waals surface area contributed by atoms with Gasteiger partial charge >= 0.3 is 5.97 Å². The predicted octanol–water partition coefficient (Wildman–Crippen LogP) is -1.05. The topological polar surface area (TPSA) is 194 Å². The van der Waals surface area contributed by atoms with Crippen molar-refractivity contribution in [1.82, 2.24) is 16.0 Å². The lowest BCUT2D eigenvalue weighted by atomic mass is 9.96. The number of amides is 4. The molecule has 34 heavy (non-hydrogen) atoms. The third-order valence-electron chi connectivity index (χ3n) is 5.26. The van der Waals surface area contributed by atoms with Gasteiger partial charge in [-0.1, -0.05) is 50.6 Å². The molecule has 1 aromatic rings. The summed E-state index contributed by atoms with van der Waals surface area (Å²) < 4.78 is 0. The van der Waals surface area contributed by atoms with Crippen molar-refractivity contribution in [3.8, 4) is 0 Å². The van der Waals surface area contributed by atoms with Crippen LogP contribution in [-0.2, 0) is 30.4 Å². The lowest BCUT2D eigenvalue weighted by molar-refractivity contribution is -0.141. The van der Waals surface area contributed by atoms with Gasteiger partial charge in [0, 0.05) is 12.2 Å². The third-order valence-corrected chi connectivity index (χ3v) is 5.63. The molecule has 0 fully saturated rings. The molecule has 0 spiro atoms. The average molecular weight is 496 g/mol. The Morgan fingerprint density at radius 2 is 1.56 bits per heavy atom. The van der Waals surface area contributed by atoms with Gasteiger partial charge in [0.05, 0.1) is 12.5 Å². The lowest BCUT2D eigenvalue weighted by Crippen LogP contribution is -2.59. The van der Waals surface area contributed by atoms with Crippen LogP contribution in [0.3, 0.4) is 0 Å². The quantitative estimate of drug-likeness (QED) is 0.160. The smallest absolute Gasteiger partial charge is 0.327 e. The molecule has 188 valence electrons. The van der Waals surface area contributed by atoms with Gasteiger partial charge in [-0.2, -0.15) is 12.6 Å². The van der Waals surface area contributed by atoms with Gasteiger partial charge in [0.25, 0.3) is 0 Å². The van der Waals surface area contributed by atoms with Crippen molar-refractivity contribution in [3.63, 3.8) is 0 Å². The highest BCUT2D eigenvalue weighted by Crippen LogP contribution is 2.11. The van der Waals surface area contributed by atoms with Gasteiger partial charge in [0.15, 0.2) is 0 Å². The zero-order chi connectivity index (χ0) is 25.8. The Balaban J connectivity index is 3.10. The van der Waals surface area contributed by atoms with E-state index in [1.54, 1.807) is 37.3 Å². The first-order valence-corrected chi connectivity index (χ1v) is 11.5. The van der Waals surface area contributed by atoms with Crippen molar-refractivity contribution in [2.24, 2.45) is 17.4 Å². The number of nitrogens with one attached hydrogen (secondary N) is 3. The number of carboxylic acid groups (broad SMARTS) is 1. The van der Waals surface area contributed by atoms with E-state index in [0.717, 1.165) is 5.56 Å². The lowest BCUT2D eigenvalue weighted by Gasteiger charge is -2.28. The highest BCUT2D eigenvalue weighted by molar-refractivity contribution is 7.80. The van der Waals surface area contributed by atoms with Crippen molar-refractivity contribution in [3.05, 3.63) is 35.9 Å². The van der Waals surface area contributed by atoms with Crippen molar-refractivity contribution in [1.29, 1.82) is 0 Å². The zero-order valence-corrected chi connectivity index (χ0v) is 20.1. The molecule has 0 aliphatic rings. The van der Waals surface area contributed by atoms with Gasteiger partial charge in [0.1, 0.15) is 18.1 Å². The van der Waals surface area contributed by atoms with E-state index in [2.05, 4.69) is 28.6 Å². The molecule has 1 aromatic carbocycles. The van der Waals surface area contributed by atoms with E-state index in [-0.39, 0.29) is 24.5 Å². The number of nitrogens with two attached hydrogens (primary N) is 2. The third kappa shape index (κ3) is 9.40. The van der Waals surface area contributed by atoms with Gasteiger partial charge in [-0.3, -0.25) is 19.2 Å². The first-order valence-electron chi connectivity index (χ1n) is 10.8. The Kier molecular flexibility index (Phi) is 12.1. The molecular weight excluding hydrogens is 462 g/mol. The number of hydrogen-bond donors (Lipinski definition) is 7. The minimum absolute atomic E-state index is 0.0830. The normalized spacial score (nSPS) is 15.2. The van der Waals surface area contributed by atoms with E-state index in [0.29, 0.717) is 6.42 Å². The summed E-state index contributed by atoms with van der Waals surface area (Å²) in [6.45, 7) is 3.55. The molecule has 0 bridgehead atoms. The van der Waals surface area contributed by atoms with Crippen LogP contribution < -0.4 is 27.4 Å². The van der Waals surface area contributed by atoms with Gasteiger partial charge in [0.2, 0.25) is 23.6 Å². The van der Waals surface area contributed by atoms with Crippen LogP contribution in [0, 0.1) is 5.92 Å². The van der Waals surface area contributed by atoms with Gasteiger partial charge in [-0.25, -0.2) is 4.79 Å².